The van der Waals surface area contributed by atoms with Crippen molar-refractivity contribution in [3.05, 3.63) is 87.7 Å². The second-order valence-corrected chi connectivity index (χ2v) is 12.8. The van der Waals surface area contributed by atoms with E-state index in [0.717, 1.165) is 45.0 Å². The molecule has 1 aliphatic heterocycles. The number of nitrogens with zero attached hydrogens (tertiary/aromatic N) is 1. The third-order valence-corrected chi connectivity index (χ3v) is 8.84. The number of halogens is 1. The van der Waals surface area contributed by atoms with E-state index in [0.29, 0.717) is 12.0 Å². The van der Waals surface area contributed by atoms with Gasteiger partial charge in [-0.25, -0.2) is 17.6 Å². The molecule has 0 saturated heterocycles. The first kappa shape index (κ1) is 28.0. The fourth-order valence-corrected chi connectivity index (χ4v) is 6.63. The standard InChI is InChI=1S/C30H34FNO5S/c1-18-10-12-21(13-11-18)26-20(3)25-17-32(38(35,36)23-9-7-8-22(31)16-23)15-14-24(25)19(2)27(26)28(29(33)34)37-30(4,5)6/h7-13,16,28H,14-15,17H2,1-6H3,(H,33,34)/t28-/m0/s1. The van der Waals surface area contributed by atoms with Crippen molar-refractivity contribution in [3.63, 3.8) is 0 Å². The largest absolute Gasteiger partial charge is 0.479 e. The highest BCUT2D eigenvalue weighted by molar-refractivity contribution is 7.89. The van der Waals surface area contributed by atoms with E-state index in [1.807, 2.05) is 65.8 Å². The maximum atomic E-state index is 13.8. The number of carboxylic acids is 1. The fraction of sp³-hybridized carbons (Fsp3) is 0.367. The van der Waals surface area contributed by atoms with Crippen molar-refractivity contribution >= 4 is 16.0 Å². The number of aliphatic carboxylic acids is 1. The normalized spacial score (nSPS) is 15.2. The lowest BCUT2D eigenvalue weighted by Gasteiger charge is -2.35. The Morgan fingerprint density at radius 1 is 1.03 bits per heavy atom. The van der Waals surface area contributed by atoms with Gasteiger partial charge in [0.15, 0.2) is 6.10 Å². The zero-order chi connectivity index (χ0) is 28.0. The molecule has 3 aromatic rings. The number of carboxylic acid groups (broad SMARTS) is 1. The van der Waals surface area contributed by atoms with E-state index >= 15 is 0 Å². The van der Waals surface area contributed by atoms with Crippen LogP contribution in [0.3, 0.4) is 0 Å². The molecule has 6 nitrogen and oxygen atoms in total. The predicted molar refractivity (Wildman–Crippen MR) is 145 cm³/mol. The van der Waals surface area contributed by atoms with E-state index in [4.69, 9.17) is 4.74 Å². The molecule has 0 fully saturated rings. The van der Waals surface area contributed by atoms with Crippen molar-refractivity contribution in [2.24, 2.45) is 0 Å². The number of aryl methyl sites for hydroxylation is 1. The lowest BCUT2D eigenvalue weighted by atomic mass is 9.80. The summed E-state index contributed by atoms with van der Waals surface area (Å²) < 4.78 is 48.2. The maximum Gasteiger partial charge on any atom is 0.337 e. The second kappa shape index (κ2) is 10.2. The molecule has 0 unspecified atom stereocenters. The third-order valence-electron chi connectivity index (χ3n) is 7.00. The quantitative estimate of drug-likeness (QED) is 0.409. The molecular formula is C30H34FNO5S. The zero-order valence-electron chi connectivity index (χ0n) is 22.6. The Balaban J connectivity index is 1.93. The zero-order valence-corrected chi connectivity index (χ0v) is 23.4. The number of carbonyl (C=O) groups is 1. The van der Waals surface area contributed by atoms with Gasteiger partial charge in [-0.05, 0) is 99.5 Å². The molecule has 4 rings (SSSR count). The number of rotatable bonds is 6. The summed E-state index contributed by atoms with van der Waals surface area (Å²) >= 11 is 0. The molecule has 1 aliphatic rings. The molecule has 0 bridgehead atoms. The summed E-state index contributed by atoms with van der Waals surface area (Å²) in [5, 5.41) is 10.3. The first-order valence-corrected chi connectivity index (χ1v) is 14.0. The van der Waals surface area contributed by atoms with Crippen LogP contribution < -0.4 is 0 Å². The van der Waals surface area contributed by atoms with Gasteiger partial charge in [-0.3, -0.25) is 0 Å². The molecule has 1 heterocycles. The van der Waals surface area contributed by atoms with E-state index in [2.05, 4.69) is 0 Å². The number of hydrogen-bond acceptors (Lipinski definition) is 4. The Labute approximate surface area is 224 Å². The van der Waals surface area contributed by atoms with Crippen LogP contribution in [0.4, 0.5) is 4.39 Å². The molecule has 0 spiro atoms. The Kier molecular flexibility index (Phi) is 7.54. The number of fused-ring (bicyclic) bond motifs is 1. The van der Waals surface area contributed by atoms with Crippen LogP contribution >= 0.6 is 0 Å². The van der Waals surface area contributed by atoms with Gasteiger partial charge >= 0.3 is 5.97 Å². The molecule has 0 saturated carbocycles. The third kappa shape index (κ3) is 5.39. The van der Waals surface area contributed by atoms with Crippen LogP contribution in [-0.4, -0.2) is 35.9 Å². The highest BCUT2D eigenvalue weighted by Gasteiger charge is 2.36. The van der Waals surface area contributed by atoms with Gasteiger partial charge in [0.2, 0.25) is 10.0 Å². The first-order valence-electron chi connectivity index (χ1n) is 12.6. The highest BCUT2D eigenvalue weighted by atomic mass is 32.2. The summed E-state index contributed by atoms with van der Waals surface area (Å²) in [5.74, 6) is -1.69. The summed E-state index contributed by atoms with van der Waals surface area (Å²) in [5.41, 5.74) is 5.90. The molecule has 1 atom stereocenters. The minimum Gasteiger partial charge on any atom is -0.479 e. The van der Waals surface area contributed by atoms with Crippen molar-refractivity contribution in [1.29, 1.82) is 0 Å². The molecule has 0 amide bonds. The fourth-order valence-electron chi connectivity index (χ4n) is 5.19. The van der Waals surface area contributed by atoms with Crippen molar-refractivity contribution in [1.82, 2.24) is 4.31 Å². The summed E-state index contributed by atoms with van der Waals surface area (Å²) in [4.78, 5) is 12.5. The number of ether oxygens (including phenoxy) is 1. The van der Waals surface area contributed by atoms with E-state index in [1.54, 1.807) is 0 Å². The lowest BCUT2D eigenvalue weighted by molar-refractivity contribution is -0.160. The van der Waals surface area contributed by atoms with Crippen molar-refractivity contribution in [2.75, 3.05) is 6.54 Å². The molecule has 202 valence electrons. The van der Waals surface area contributed by atoms with E-state index in [9.17, 15) is 22.7 Å². The molecule has 0 radical (unpaired) electrons. The average Bonchev–Trinajstić information content (AvgIpc) is 2.84. The molecule has 1 N–H and O–H groups in total. The summed E-state index contributed by atoms with van der Waals surface area (Å²) in [6.45, 7) is 11.6. The molecule has 3 aromatic carbocycles. The topological polar surface area (TPSA) is 83.9 Å². The Hall–Kier alpha value is -3.07. The highest BCUT2D eigenvalue weighted by Crippen LogP contribution is 2.43. The number of benzene rings is 3. The monoisotopic (exact) mass is 539 g/mol. The summed E-state index contributed by atoms with van der Waals surface area (Å²) in [6.07, 6.45) is -0.802. The summed E-state index contributed by atoms with van der Waals surface area (Å²) in [7, 11) is -3.93. The molecule has 0 aliphatic carbocycles. The van der Waals surface area contributed by atoms with Gasteiger partial charge in [0.25, 0.3) is 0 Å². The SMILES string of the molecule is Cc1ccc(-c2c(C)c3c(c(C)c2[C@H](OC(C)(C)C)C(=O)O)CCN(S(=O)(=O)c2cccc(F)c2)C3)cc1. The van der Waals surface area contributed by atoms with Gasteiger partial charge in [-0.1, -0.05) is 35.9 Å². The van der Waals surface area contributed by atoms with Gasteiger partial charge in [-0.15, -0.1) is 0 Å². The molecular weight excluding hydrogens is 505 g/mol. The van der Waals surface area contributed by atoms with Crippen molar-refractivity contribution in [2.45, 2.75) is 71.1 Å². The van der Waals surface area contributed by atoms with E-state index < -0.39 is 33.5 Å². The van der Waals surface area contributed by atoms with Crippen LogP contribution in [0.2, 0.25) is 0 Å². The van der Waals surface area contributed by atoms with Crippen LogP contribution in [0, 0.1) is 26.6 Å². The van der Waals surface area contributed by atoms with E-state index in [-0.39, 0.29) is 18.0 Å². The van der Waals surface area contributed by atoms with Gasteiger partial charge in [0, 0.05) is 18.7 Å². The Bertz CT molecular complexity index is 1490. The average molecular weight is 540 g/mol. The first-order chi connectivity index (χ1) is 17.7. The molecule has 38 heavy (non-hydrogen) atoms. The van der Waals surface area contributed by atoms with E-state index in [1.165, 1.54) is 22.5 Å². The van der Waals surface area contributed by atoms with Crippen LogP contribution in [0.1, 0.15) is 60.3 Å². The Morgan fingerprint density at radius 3 is 2.26 bits per heavy atom. The van der Waals surface area contributed by atoms with Crippen LogP contribution in [0.5, 0.6) is 0 Å². The smallest absolute Gasteiger partial charge is 0.337 e. The van der Waals surface area contributed by atoms with Crippen molar-refractivity contribution in [3.8, 4) is 11.1 Å². The minimum absolute atomic E-state index is 0.0878. The molecule has 8 heteroatoms. The maximum absolute atomic E-state index is 13.8. The minimum atomic E-state index is -3.93. The molecule has 0 aromatic heterocycles. The lowest BCUT2D eigenvalue weighted by Crippen LogP contribution is -2.37. The van der Waals surface area contributed by atoms with Crippen LogP contribution in [0.25, 0.3) is 11.1 Å². The number of hydrogen-bond donors (Lipinski definition) is 1. The van der Waals surface area contributed by atoms with Crippen molar-refractivity contribution < 1.29 is 27.4 Å². The number of sulfonamides is 1. The Morgan fingerprint density at radius 2 is 1.68 bits per heavy atom. The predicted octanol–water partition coefficient (Wildman–Crippen LogP) is 6.11. The van der Waals surface area contributed by atoms with Crippen LogP contribution in [0.15, 0.2) is 53.4 Å². The van der Waals surface area contributed by atoms with Gasteiger partial charge < -0.3 is 9.84 Å². The van der Waals surface area contributed by atoms with Gasteiger partial charge in [0.1, 0.15) is 5.82 Å². The second-order valence-electron chi connectivity index (χ2n) is 10.9. The summed E-state index contributed by atoms with van der Waals surface area (Å²) in [6, 6.07) is 12.9. The van der Waals surface area contributed by atoms with Crippen LogP contribution in [-0.2, 0) is 32.5 Å². The van der Waals surface area contributed by atoms with Gasteiger partial charge in [-0.2, -0.15) is 4.31 Å². The van der Waals surface area contributed by atoms with Gasteiger partial charge in [0.05, 0.1) is 10.5 Å².